The third kappa shape index (κ3) is 3.53. The summed E-state index contributed by atoms with van der Waals surface area (Å²) in [6, 6.07) is 0. The summed E-state index contributed by atoms with van der Waals surface area (Å²) >= 11 is 0. The van der Waals surface area contributed by atoms with Crippen LogP contribution in [0, 0.1) is 19.8 Å². The first-order chi connectivity index (χ1) is 12.4. The van der Waals surface area contributed by atoms with E-state index in [0.29, 0.717) is 49.0 Å². The standard InChI is InChI=1S/C18H30N4O3S/c1-4-22-15(3)17(14(2)19-22)26(24,25)21-12-10-20(11-13-21)18(23)16-8-6-5-7-9-16/h16H,4-13H2,1-3H3. The number of sulfonamides is 1. The summed E-state index contributed by atoms with van der Waals surface area (Å²) in [5.74, 6) is 0.354. The second kappa shape index (κ2) is 7.68. The van der Waals surface area contributed by atoms with E-state index in [2.05, 4.69) is 5.10 Å². The van der Waals surface area contributed by atoms with Crippen LogP contribution in [0.4, 0.5) is 0 Å². The van der Waals surface area contributed by atoms with Crippen molar-refractivity contribution >= 4 is 15.9 Å². The third-order valence-corrected chi connectivity index (χ3v) is 7.87. The average molecular weight is 383 g/mol. The molecule has 1 aliphatic heterocycles. The lowest BCUT2D eigenvalue weighted by Crippen LogP contribution is -2.52. The number of carbonyl (C=O) groups is 1. The van der Waals surface area contributed by atoms with Gasteiger partial charge in [0.2, 0.25) is 15.9 Å². The fourth-order valence-corrected chi connectivity index (χ4v) is 6.04. The number of piperazine rings is 1. The maximum absolute atomic E-state index is 13.1. The molecular formula is C18H30N4O3S. The number of carbonyl (C=O) groups excluding carboxylic acids is 1. The van der Waals surface area contributed by atoms with Crippen molar-refractivity contribution in [1.29, 1.82) is 0 Å². The van der Waals surface area contributed by atoms with Gasteiger partial charge in [0.05, 0.1) is 11.4 Å². The Hall–Kier alpha value is -1.41. The van der Waals surface area contributed by atoms with Crippen LogP contribution >= 0.6 is 0 Å². The molecule has 0 aromatic carbocycles. The second-order valence-electron chi connectivity index (χ2n) is 7.38. The molecule has 7 nitrogen and oxygen atoms in total. The van der Waals surface area contributed by atoms with E-state index in [0.717, 1.165) is 25.7 Å². The lowest BCUT2D eigenvalue weighted by Gasteiger charge is -2.36. The number of amides is 1. The van der Waals surface area contributed by atoms with Gasteiger partial charge in [-0.05, 0) is 33.6 Å². The first kappa shape index (κ1) is 19.4. The van der Waals surface area contributed by atoms with Crippen LogP contribution in [0.5, 0.6) is 0 Å². The van der Waals surface area contributed by atoms with Gasteiger partial charge in [0.25, 0.3) is 0 Å². The van der Waals surface area contributed by atoms with E-state index in [-0.39, 0.29) is 11.8 Å². The highest BCUT2D eigenvalue weighted by Gasteiger charge is 2.35. The largest absolute Gasteiger partial charge is 0.340 e. The van der Waals surface area contributed by atoms with Crippen LogP contribution in [0.15, 0.2) is 4.90 Å². The maximum Gasteiger partial charge on any atom is 0.246 e. The Morgan fingerprint density at radius 3 is 2.23 bits per heavy atom. The van der Waals surface area contributed by atoms with E-state index in [1.54, 1.807) is 18.5 Å². The summed E-state index contributed by atoms with van der Waals surface area (Å²) in [5.41, 5.74) is 1.23. The Kier molecular flexibility index (Phi) is 5.72. The molecule has 1 saturated carbocycles. The molecule has 0 atom stereocenters. The third-order valence-electron chi connectivity index (χ3n) is 5.72. The zero-order valence-corrected chi connectivity index (χ0v) is 16.9. The van der Waals surface area contributed by atoms with Gasteiger partial charge < -0.3 is 4.90 Å². The smallest absolute Gasteiger partial charge is 0.246 e. The summed E-state index contributed by atoms with van der Waals surface area (Å²) in [6.07, 6.45) is 5.44. The average Bonchev–Trinajstić information content (AvgIpc) is 2.96. The Bertz CT molecular complexity index is 758. The normalized spacial score (nSPS) is 20.5. The van der Waals surface area contributed by atoms with Gasteiger partial charge in [-0.3, -0.25) is 9.48 Å². The molecule has 8 heteroatoms. The second-order valence-corrected chi connectivity index (χ2v) is 9.25. The Balaban J connectivity index is 1.69. The molecule has 1 aromatic heterocycles. The molecule has 1 aliphatic carbocycles. The van der Waals surface area contributed by atoms with Crippen molar-refractivity contribution in [3.05, 3.63) is 11.4 Å². The molecule has 1 saturated heterocycles. The van der Waals surface area contributed by atoms with E-state index in [4.69, 9.17) is 0 Å². The van der Waals surface area contributed by atoms with E-state index < -0.39 is 10.0 Å². The van der Waals surface area contributed by atoms with Crippen molar-refractivity contribution in [3.8, 4) is 0 Å². The predicted octanol–water partition coefficient (Wildman–Crippen LogP) is 1.93. The fourth-order valence-electron chi connectivity index (χ4n) is 4.25. The van der Waals surface area contributed by atoms with Crippen LogP contribution in [0.3, 0.4) is 0 Å². The van der Waals surface area contributed by atoms with Crippen LogP contribution in [-0.2, 0) is 21.4 Å². The van der Waals surface area contributed by atoms with Gasteiger partial charge >= 0.3 is 0 Å². The van der Waals surface area contributed by atoms with Crippen LogP contribution in [0.1, 0.15) is 50.4 Å². The van der Waals surface area contributed by atoms with Gasteiger partial charge in [0.15, 0.2) is 0 Å². The molecule has 0 unspecified atom stereocenters. The summed E-state index contributed by atoms with van der Waals surface area (Å²) in [7, 11) is -3.57. The van der Waals surface area contributed by atoms with E-state index in [1.165, 1.54) is 10.7 Å². The molecule has 3 rings (SSSR count). The lowest BCUT2D eigenvalue weighted by atomic mass is 9.88. The van der Waals surface area contributed by atoms with E-state index >= 15 is 0 Å². The highest BCUT2D eigenvalue weighted by molar-refractivity contribution is 7.89. The van der Waals surface area contributed by atoms with Crippen LogP contribution in [-0.4, -0.2) is 59.5 Å². The topological polar surface area (TPSA) is 75.5 Å². The monoisotopic (exact) mass is 382 g/mol. The minimum atomic E-state index is -3.57. The van der Waals surface area contributed by atoms with Crippen molar-refractivity contribution in [2.45, 2.75) is 64.3 Å². The van der Waals surface area contributed by atoms with Crippen molar-refractivity contribution in [1.82, 2.24) is 19.0 Å². The quantitative estimate of drug-likeness (QED) is 0.797. The molecule has 2 fully saturated rings. The molecule has 0 N–H and O–H groups in total. The number of rotatable bonds is 4. The van der Waals surface area contributed by atoms with Gasteiger partial charge in [-0.2, -0.15) is 9.40 Å². The highest BCUT2D eigenvalue weighted by atomic mass is 32.2. The molecule has 0 spiro atoms. The van der Waals surface area contributed by atoms with Gasteiger partial charge in [0.1, 0.15) is 4.90 Å². The highest BCUT2D eigenvalue weighted by Crippen LogP contribution is 2.27. The summed E-state index contributed by atoms with van der Waals surface area (Å²) in [6.45, 7) is 7.82. The molecule has 1 aromatic rings. The molecule has 2 heterocycles. The molecule has 0 bridgehead atoms. The van der Waals surface area contributed by atoms with Crippen molar-refractivity contribution in [3.63, 3.8) is 0 Å². The summed E-state index contributed by atoms with van der Waals surface area (Å²) in [4.78, 5) is 14.9. The number of aryl methyl sites for hydroxylation is 2. The van der Waals surface area contributed by atoms with Gasteiger partial charge in [-0.1, -0.05) is 19.3 Å². The molecular weight excluding hydrogens is 352 g/mol. The zero-order valence-electron chi connectivity index (χ0n) is 16.1. The number of aromatic nitrogens is 2. The SMILES string of the molecule is CCn1nc(C)c(S(=O)(=O)N2CCN(C(=O)C3CCCCC3)CC2)c1C. The molecule has 26 heavy (non-hydrogen) atoms. The number of hydrogen-bond donors (Lipinski definition) is 0. The molecule has 0 radical (unpaired) electrons. The van der Waals surface area contributed by atoms with Gasteiger partial charge in [0, 0.05) is 38.6 Å². The molecule has 1 amide bonds. The van der Waals surface area contributed by atoms with E-state index in [1.807, 2.05) is 11.8 Å². The first-order valence-electron chi connectivity index (χ1n) is 9.69. The van der Waals surface area contributed by atoms with E-state index in [9.17, 15) is 13.2 Å². The van der Waals surface area contributed by atoms with Crippen LogP contribution in [0.25, 0.3) is 0 Å². The van der Waals surface area contributed by atoms with Crippen LogP contribution in [0.2, 0.25) is 0 Å². The minimum absolute atomic E-state index is 0.138. The fraction of sp³-hybridized carbons (Fsp3) is 0.778. The lowest BCUT2D eigenvalue weighted by molar-refractivity contribution is -0.137. The van der Waals surface area contributed by atoms with Crippen LogP contribution < -0.4 is 0 Å². The molecule has 146 valence electrons. The summed E-state index contributed by atoms with van der Waals surface area (Å²) in [5, 5.41) is 4.34. The van der Waals surface area contributed by atoms with Gasteiger partial charge in [-0.15, -0.1) is 0 Å². The Morgan fingerprint density at radius 2 is 1.69 bits per heavy atom. The number of nitrogens with zero attached hydrogens (tertiary/aromatic N) is 4. The van der Waals surface area contributed by atoms with Gasteiger partial charge in [-0.25, -0.2) is 8.42 Å². The van der Waals surface area contributed by atoms with Crippen molar-refractivity contribution < 1.29 is 13.2 Å². The number of hydrogen-bond acceptors (Lipinski definition) is 4. The molecule has 2 aliphatic rings. The predicted molar refractivity (Wildman–Crippen MR) is 99.3 cm³/mol. The first-order valence-corrected chi connectivity index (χ1v) is 11.1. The summed E-state index contributed by atoms with van der Waals surface area (Å²) < 4.78 is 29.4. The van der Waals surface area contributed by atoms with Crippen molar-refractivity contribution in [2.24, 2.45) is 5.92 Å². The Morgan fingerprint density at radius 1 is 1.08 bits per heavy atom. The maximum atomic E-state index is 13.1. The van der Waals surface area contributed by atoms with Crippen molar-refractivity contribution in [2.75, 3.05) is 26.2 Å². The Labute approximate surface area is 156 Å². The minimum Gasteiger partial charge on any atom is -0.340 e. The zero-order chi connectivity index (χ0) is 18.9.